The van der Waals surface area contributed by atoms with Crippen LogP contribution in [-0.4, -0.2) is 30.6 Å². The Labute approximate surface area is 116 Å². The molecule has 0 bridgehead atoms. The van der Waals surface area contributed by atoms with Crippen LogP contribution in [0.2, 0.25) is 0 Å². The van der Waals surface area contributed by atoms with E-state index in [4.69, 9.17) is 5.73 Å². The van der Waals surface area contributed by atoms with Crippen LogP contribution in [0.1, 0.15) is 13.8 Å². The number of carbonyl (C=O) groups is 1. The first-order valence-corrected chi connectivity index (χ1v) is 6.78. The Morgan fingerprint density at radius 3 is 2.89 bits per heavy atom. The number of carbonyl (C=O) groups excluding carboxylic acids is 1. The van der Waals surface area contributed by atoms with Crippen LogP contribution in [0, 0.1) is 0 Å². The van der Waals surface area contributed by atoms with Gasteiger partial charge in [-0.2, -0.15) is 0 Å². The number of hydrogen-bond acceptors (Lipinski definition) is 3. The van der Waals surface area contributed by atoms with Gasteiger partial charge in [0, 0.05) is 23.2 Å². The molecule has 1 aromatic rings. The van der Waals surface area contributed by atoms with Crippen molar-refractivity contribution in [1.82, 2.24) is 5.32 Å². The summed E-state index contributed by atoms with van der Waals surface area (Å²) in [5, 5.41) is 2.92. The van der Waals surface area contributed by atoms with Crippen molar-refractivity contribution in [2.24, 2.45) is 5.73 Å². The third-order valence-electron chi connectivity index (χ3n) is 3.27. The van der Waals surface area contributed by atoms with Crippen LogP contribution < -0.4 is 16.0 Å². The molecule has 98 valence electrons. The number of nitrogens with two attached hydrogens (primary N) is 1. The standard InChI is InChI=1S/C13H18BrN3O/c1-13(2)8-16-12(18)11(7-15)17(13)10-5-3-4-9(14)6-10/h3-6,11H,7-8,15H2,1-2H3,(H,16,18). The first kappa shape index (κ1) is 13.4. The zero-order valence-corrected chi connectivity index (χ0v) is 12.2. The molecule has 1 aromatic carbocycles. The highest BCUT2D eigenvalue weighted by Gasteiger charge is 2.40. The Morgan fingerprint density at radius 2 is 2.28 bits per heavy atom. The second-order valence-corrected chi connectivity index (χ2v) is 6.05. The molecule has 5 heteroatoms. The van der Waals surface area contributed by atoms with E-state index in [9.17, 15) is 4.79 Å². The van der Waals surface area contributed by atoms with Gasteiger partial charge in [-0.15, -0.1) is 0 Å². The predicted molar refractivity (Wildman–Crippen MR) is 76.6 cm³/mol. The highest BCUT2D eigenvalue weighted by molar-refractivity contribution is 9.10. The van der Waals surface area contributed by atoms with Gasteiger partial charge in [0.15, 0.2) is 0 Å². The molecule has 0 aromatic heterocycles. The molecule has 3 N–H and O–H groups in total. The van der Waals surface area contributed by atoms with Crippen LogP contribution in [0.25, 0.3) is 0 Å². The van der Waals surface area contributed by atoms with E-state index < -0.39 is 0 Å². The van der Waals surface area contributed by atoms with Crippen LogP contribution >= 0.6 is 15.9 Å². The molecule has 1 heterocycles. The molecule has 1 aliphatic rings. The largest absolute Gasteiger partial charge is 0.352 e. The number of amides is 1. The summed E-state index contributed by atoms with van der Waals surface area (Å²) >= 11 is 3.46. The maximum atomic E-state index is 11.9. The zero-order chi connectivity index (χ0) is 13.3. The minimum absolute atomic E-state index is 0.00296. The fourth-order valence-corrected chi connectivity index (χ4v) is 2.80. The van der Waals surface area contributed by atoms with E-state index in [1.165, 1.54) is 0 Å². The molecule has 18 heavy (non-hydrogen) atoms. The van der Waals surface area contributed by atoms with E-state index in [0.717, 1.165) is 10.2 Å². The van der Waals surface area contributed by atoms with Crippen molar-refractivity contribution in [3.63, 3.8) is 0 Å². The molecule has 1 unspecified atom stereocenters. The summed E-state index contributed by atoms with van der Waals surface area (Å²) in [7, 11) is 0. The summed E-state index contributed by atoms with van der Waals surface area (Å²) in [4.78, 5) is 14.0. The highest BCUT2D eigenvalue weighted by Crippen LogP contribution is 2.30. The topological polar surface area (TPSA) is 58.4 Å². The number of hydrogen-bond donors (Lipinski definition) is 2. The van der Waals surface area contributed by atoms with Crippen molar-refractivity contribution in [1.29, 1.82) is 0 Å². The van der Waals surface area contributed by atoms with Crippen molar-refractivity contribution >= 4 is 27.5 Å². The summed E-state index contributed by atoms with van der Waals surface area (Å²) in [6, 6.07) is 7.65. The fraction of sp³-hybridized carbons (Fsp3) is 0.462. The maximum absolute atomic E-state index is 11.9. The van der Waals surface area contributed by atoms with Gasteiger partial charge in [0.1, 0.15) is 6.04 Å². The van der Waals surface area contributed by atoms with E-state index in [2.05, 4.69) is 40.0 Å². The van der Waals surface area contributed by atoms with Crippen molar-refractivity contribution in [3.8, 4) is 0 Å². The SMILES string of the molecule is CC1(C)CNC(=O)C(CN)N1c1cccc(Br)c1. The van der Waals surface area contributed by atoms with Gasteiger partial charge in [-0.25, -0.2) is 0 Å². The van der Waals surface area contributed by atoms with Crippen molar-refractivity contribution in [2.75, 3.05) is 18.0 Å². The quantitative estimate of drug-likeness (QED) is 0.870. The summed E-state index contributed by atoms with van der Waals surface area (Å²) in [6.45, 7) is 5.14. The second-order valence-electron chi connectivity index (χ2n) is 5.13. The maximum Gasteiger partial charge on any atom is 0.244 e. The lowest BCUT2D eigenvalue weighted by atomic mass is 9.94. The molecule has 2 rings (SSSR count). The Hall–Kier alpha value is -1.07. The van der Waals surface area contributed by atoms with E-state index in [1.54, 1.807) is 0 Å². The lowest BCUT2D eigenvalue weighted by molar-refractivity contribution is -0.124. The minimum atomic E-state index is -0.317. The lowest BCUT2D eigenvalue weighted by Crippen LogP contribution is -2.67. The molecule has 0 spiro atoms. The molecule has 4 nitrogen and oxygen atoms in total. The molecule has 1 fully saturated rings. The molecule has 1 atom stereocenters. The van der Waals surface area contributed by atoms with Crippen LogP contribution in [0.15, 0.2) is 28.7 Å². The molecular weight excluding hydrogens is 294 g/mol. The van der Waals surface area contributed by atoms with Crippen LogP contribution in [-0.2, 0) is 4.79 Å². The molecule has 0 radical (unpaired) electrons. The first-order valence-electron chi connectivity index (χ1n) is 5.98. The molecule has 1 aliphatic heterocycles. The summed E-state index contributed by atoms with van der Waals surface area (Å²) in [5.74, 6) is -0.00296. The van der Waals surface area contributed by atoms with Crippen LogP contribution in [0.4, 0.5) is 5.69 Å². The van der Waals surface area contributed by atoms with E-state index >= 15 is 0 Å². The minimum Gasteiger partial charge on any atom is -0.352 e. The van der Waals surface area contributed by atoms with E-state index in [0.29, 0.717) is 13.1 Å². The predicted octanol–water partition coefficient (Wildman–Crippen LogP) is 1.49. The first-order chi connectivity index (χ1) is 8.45. The zero-order valence-electron chi connectivity index (χ0n) is 10.6. The fourth-order valence-electron chi connectivity index (χ4n) is 2.41. The van der Waals surface area contributed by atoms with Gasteiger partial charge < -0.3 is 16.0 Å². The Bertz CT molecular complexity index is 461. The smallest absolute Gasteiger partial charge is 0.244 e. The van der Waals surface area contributed by atoms with Crippen molar-refractivity contribution < 1.29 is 4.79 Å². The number of rotatable bonds is 2. The molecule has 1 amide bonds. The highest BCUT2D eigenvalue weighted by atomic mass is 79.9. The average Bonchev–Trinajstić information content (AvgIpc) is 2.31. The van der Waals surface area contributed by atoms with Gasteiger partial charge in [-0.3, -0.25) is 4.79 Å². The van der Waals surface area contributed by atoms with Crippen molar-refractivity contribution in [3.05, 3.63) is 28.7 Å². The number of piperazine rings is 1. The number of nitrogens with one attached hydrogen (secondary N) is 1. The molecule has 0 saturated carbocycles. The molecular formula is C13H18BrN3O. The summed E-state index contributed by atoms with van der Waals surface area (Å²) < 4.78 is 0.998. The van der Waals surface area contributed by atoms with E-state index in [-0.39, 0.29) is 17.5 Å². The summed E-state index contributed by atoms with van der Waals surface area (Å²) in [6.07, 6.45) is 0. The Balaban J connectivity index is 2.44. The number of anilines is 1. The van der Waals surface area contributed by atoms with Gasteiger partial charge in [-0.1, -0.05) is 22.0 Å². The van der Waals surface area contributed by atoms with Crippen LogP contribution in [0.3, 0.4) is 0 Å². The third-order valence-corrected chi connectivity index (χ3v) is 3.76. The number of halogens is 1. The average molecular weight is 312 g/mol. The molecule has 1 saturated heterocycles. The number of nitrogens with zero attached hydrogens (tertiary/aromatic N) is 1. The van der Waals surface area contributed by atoms with Gasteiger partial charge in [0.25, 0.3) is 0 Å². The second kappa shape index (κ2) is 4.90. The number of benzene rings is 1. The Morgan fingerprint density at radius 1 is 1.56 bits per heavy atom. The van der Waals surface area contributed by atoms with Gasteiger partial charge in [0.05, 0.1) is 5.54 Å². The molecule has 0 aliphatic carbocycles. The normalized spacial score (nSPS) is 22.8. The van der Waals surface area contributed by atoms with Crippen LogP contribution in [0.5, 0.6) is 0 Å². The Kier molecular flexibility index (Phi) is 3.64. The summed E-state index contributed by atoms with van der Waals surface area (Å²) in [5.41, 5.74) is 6.63. The van der Waals surface area contributed by atoms with Crippen molar-refractivity contribution in [2.45, 2.75) is 25.4 Å². The van der Waals surface area contributed by atoms with Gasteiger partial charge in [0.2, 0.25) is 5.91 Å². The third kappa shape index (κ3) is 2.37. The lowest BCUT2D eigenvalue weighted by Gasteiger charge is -2.48. The van der Waals surface area contributed by atoms with E-state index in [1.807, 2.05) is 24.3 Å². The van der Waals surface area contributed by atoms with Gasteiger partial charge in [-0.05, 0) is 32.0 Å². The van der Waals surface area contributed by atoms with Gasteiger partial charge >= 0.3 is 0 Å². The monoisotopic (exact) mass is 311 g/mol.